The highest BCUT2D eigenvalue weighted by atomic mass is 35.5. The van der Waals surface area contributed by atoms with Crippen LogP contribution in [-0.4, -0.2) is 40.1 Å². The van der Waals surface area contributed by atoms with Gasteiger partial charge in [-0.25, -0.2) is 4.98 Å². The molecule has 0 saturated carbocycles. The molecular formula is C22H24ClN3O2. The van der Waals surface area contributed by atoms with Crippen LogP contribution in [0.15, 0.2) is 36.5 Å². The molecule has 1 aliphatic rings. The maximum Gasteiger partial charge on any atom is 0.238 e. The number of amides is 1. The van der Waals surface area contributed by atoms with Crippen LogP contribution < -0.4 is 4.74 Å². The van der Waals surface area contributed by atoms with E-state index < -0.39 is 0 Å². The highest BCUT2D eigenvalue weighted by molar-refractivity contribution is 6.31. The zero-order chi connectivity index (χ0) is 19.7. The van der Waals surface area contributed by atoms with Gasteiger partial charge in [0.2, 0.25) is 11.8 Å². The number of rotatable bonds is 6. The van der Waals surface area contributed by atoms with E-state index in [1.54, 1.807) is 6.20 Å². The summed E-state index contributed by atoms with van der Waals surface area (Å²) >= 11 is 6.40. The number of carbonyl (C=O) groups is 1. The van der Waals surface area contributed by atoms with Gasteiger partial charge in [-0.15, -0.1) is 0 Å². The van der Waals surface area contributed by atoms with E-state index in [2.05, 4.69) is 23.4 Å². The van der Waals surface area contributed by atoms with Crippen molar-refractivity contribution in [2.75, 3.05) is 19.7 Å². The molecule has 0 spiro atoms. The van der Waals surface area contributed by atoms with E-state index in [0.29, 0.717) is 32.0 Å². The lowest BCUT2D eigenvalue weighted by molar-refractivity contribution is -0.128. The van der Waals surface area contributed by atoms with Crippen LogP contribution in [0.3, 0.4) is 0 Å². The average Bonchev–Trinajstić information content (AvgIpc) is 3.21. The fraction of sp³-hybridized carbons (Fsp3) is 0.364. The van der Waals surface area contributed by atoms with Crippen molar-refractivity contribution in [2.24, 2.45) is 0 Å². The van der Waals surface area contributed by atoms with Crippen LogP contribution in [-0.2, 0) is 11.3 Å². The summed E-state index contributed by atoms with van der Waals surface area (Å²) in [6, 6.07) is 9.91. The van der Waals surface area contributed by atoms with Crippen molar-refractivity contribution in [3.05, 3.63) is 58.4 Å². The second-order valence-corrected chi connectivity index (χ2v) is 7.64. The summed E-state index contributed by atoms with van der Waals surface area (Å²) in [5.41, 5.74) is 4.42. The maximum atomic E-state index is 11.8. The fourth-order valence-electron chi connectivity index (χ4n) is 3.86. The second-order valence-electron chi connectivity index (χ2n) is 7.23. The molecule has 0 unspecified atom stereocenters. The number of aryl methyl sites for hydroxylation is 1. The Morgan fingerprint density at radius 2 is 2.04 bits per heavy atom. The van der Waals surface area contributed by atoms with E-state index in [-0.39, 0.29) is 5.91 Å². The molecule has 5 nitrogen and oxygen atoms in total. The Morgan fingerprint density at radius 3 is 2.79 bits per heavy atom. The summed E-state index contributed by atoms with van der Waals surface area (Å²) in [5.74, 6) is 0.816. The molecular weight excluding hydrogens is 374 g/mol. The van der Waals surface area contributed by atoms with Gasteiger partial charge in [0, 0.05) is 41.8 Å². The minimum atomic E-state index is 0.212. The smallest absolute Gasteiger partial charge is 0.238 e. The van der Waals surface area contributed by atoms with Crippen molar-refractivity contribution in [1.82, 2.24) is 14.5 Å². The Bertz CT molecular complexity index is 1030. The minimum absolute atomic E-state index is 0.212. The largest absolute Gasteiger partial charge is 0.474 e. The Balaban J connectivity index is 1.64. The monoisotopic (exact) mass is 397 g/mol. The van der Waals surface area contributed by atoms with Gasteiger partial charge in [-0.05, 0) is 43.5 Å². The zero-order valence-corrected chi connectivity index (χ0v) is 17.0. The number of benzene rings is 1. The number of fused-ring (bicyclic) bond motifs is 1. The molecule has 146 valence electrons. The third kappa shape index (κ3) is 3.47. The summed E-state index contributed by atoms with van der Waals surface area (Å²) in [6.07, 6.45) is 3.36. The highest BCUT2D eigenvalue weighted by Gasteiger charge is 2.21. The van der Waals surface area contributed by atoms with Crippen molar-refractivity contribution in [3.63, 3.8) is 0 Å². The third-order valence-corrected chi connectivity index (χ3v) is 5.94. The van der Waals surface area contributed by atoms with Gasteiger partial charge in [0.1, 0.15) is 12.1 Å². The first-order valence-electron chi connectivity index (χ1n) is 9.64. The van der Waals surface area contributed by atoms with Gasteiger partial charge in [0.05, 0.1) is 6.54 Å². The molecule has 0 atom stereocenters. The Labute approximate surface area is 169 Å². The summed E-state index contributed by atoms with van der Waals surface area (Å²) in [6.45, 7) is 6.74. The lowest BCUT2D eigenvalue weighted by Gasteiger charge is -2.16. The lowest BCUT2D eigenvalue weighted by atomic mass is 10.2. The molecule has 0 radical (unpaired) electrons. The van der Waals surface area contributed by atoms with Crippen LogP contribution >= 0.6 is 11.6 Å². The van der Waals surface area contributed by atoms with Gasteiger partial charge in [0.15, 0.2) is 0 Å². The normalized spacial score (nSPS) is 14.2. The Hall–Kier alpha value is -2.53. The van der Waals surface area contributed by atoms with Crippen LogP contribution in [0, 0.1) is 13.8 Å². The minimum Gasteiger partial charge on any atom is -0.474 e. The fourth-order valence-corrected chi connectivity index (χ4v) is 4.05. The lowest BCUT2D eigenvalue weighted by Crippen LogP contribution is -2.29. The van der Waals surface area contributed by atoms with Crippen LogP contribution in [0.5, 0.6) is 5.88 Å². The van der Waals surface area contributed by atoms with Gasteiger partial charge in [-0.1, -0.05) is 29.8 Å². The van der Waals surface area contributed by atoms with Crippen molar-refractivity contribution in [1.29, 1.82) is 0 Å². The predicted octanol–water partition coefficient (Wildman–Crippen LogP) is 4.36. The molecule has 0 N–H and O–H groups in total. The summed E-state index contributed by atoms with van der Waals surface area (Å²) in [7, 11) is 0. The number of aromatic nitrogens is 2. The first-order chi connectivity index (χ1) is 13.6. The number of nitrogens with zero attached hydrogens (tertiary/aromatic N) is 3. The van der Waals surface area contributed by atoms with E-state index in [4.69, 9.17) is 16.3 Å². The van der Waals surface area contributed by atoms with Crippen LogP contribution in [0.2, 0.25) is 5.02 Å². The Kier molecular flexibility index (Phi) is 5.27. The van der Waals surface area contributed by atoms with Crippen molar-refractivity contribution in [2.45, 2.75) is 33.2 Å². The number of hydrogen-bond acceptors (Lipinski definition) is 3. The molecule has 6 heteroatoms. The first kappa shape index (κ1) is 18.8. The van der Waals surface area contributed by atoms with Crippen LogP contribution in [0.1, 0.15) is 29.7 Å². The number of halogens is 1. The van der Waals surface area contributed by atoms with Gasteiger partial charge in [-0.3, -0.25) is 4.79 Å². The molecule has 4 rings (SSSR count). The van der Waals surface area contributed by atoms with E-state index in [0.717, 1.165) is 34.5 Å². The molecule has 1 aromatic carbocycles. The molecule has 1 fully saturated rings. The number of carbonyl (C=O) groups excluding carboxylic acids is 1. The number of pyridine rings is 1. The third-order valence-electron chi connectivity index (χ3n) is 5.57. The van der Waals surface area contributed by atoms with Crippen LogP contribution in [0.25, 0.3) is 10.9 Å². The molecule has 1 amide bonds. The Morgan fingerprint density at radius 1 is 1.21 bits per heavy atom. The molecule has 1 saturated heterocycles. The van der Waals surface area contributed by atoms with Gasteiger partial charge in [-0.2, -0.15) is 0 Å². The van der Waals surface area contributed by atoms with E-state index in [1.807, 2.05) is 35.2 Å². The maximum absolute atomic E-state index is 11.8. The number of hydrogen-bond donors (Lipinski definition) is 0. The number of likely N-dealkylation sites (tertiary alicyclic amines) is 1. The van der Waals surface area contributed by atoms with E-state index >= 15 is 0 Å². The number of ether oxygens (including phenoxy) is 1. The predicted molar refractivity (Wildman–Crippen MR) is 111 cm³/mol. The molecule has 0 aliphatic carbocycles. The molecule has 2 aromatic heterocycles. The van der Waals surface area contributed by atoms with Crippen molar-refractivity contribution >= 4 is 28.4 Å². The molecule has 0 bridgehead atoms. The summed E-state index contributed by atoms with van der Waals surface area (Å²) in [4.78, 5) is 18.2. The van der Waals surface area contributed by atoms with E-state index in [9.17, 15) is 4.79 Å². The average molecular weight is 398 g/mol. The zero-order valence-electron chi connectivity index (χ0n) is 16.2. The summed E-state index contributed by atoms with van der Waals surface area (Å²) < 4.78 is 8.27. The first-order valence-corrected chi connectivity index (χ1v) is 10.0. The van der Waals surface area contributed by atoms with Crippen molar-refractivity contribution in [3.8, 4) is 5.88 Å². The highest BCUT2D eigenvalue weighted by Crippen LogP contribution is 2.32. The van der Waals surface area contributed by atoms with Gasteiger partial charge < -0.3 is 14.2 Å². The molecule has 1 aliphatic heterocycles. The van der Waals surface area contributed by atoms with Gasteiger partial charge in [0.25, 0.3) is 0 Å². The molecule has 3 heterocycles. The van der Waals surface area contributed by atoms with Crippen molar-refractivity contribution < 1.29 is 9.53 Å². The molecule has 3 aromatic rings. The standard InChI is InChI=1S/C22H24ClN3O2/c1-15-16(2)26(14-17-6-3-4-7-19(17)23)21-18(15)9-10-24-22(21)28-13-12-25-11-5-8-20(25)27/h3-4,6-7,9-10H,5,8,11-14H2,1-2H3. The quantitative estimate of drug-likeness (QED) is 0.621. The topological polar surface area (TPSA) is 47.4 Å². The van der Waals surface area contributed by atoms with Crippen LogP contribution in [0.4, 0.5) is 0 Å². The molecule has 28 heavy (non-hydrogen) atoms. The second kappa shape index (κ2) is 7.84. The van der Waals surface area contributed by atoms with Gasteiger partial charge >= 0.3 is 0 Å². The van der Waals surface area contributed by atoms with E-state index in [1.165, 1.54) is 11.3 Å². The summed E-state index contributed by atoms with van der Waals surface area (Å²) in [5, 5.41) is 1.88. The SMILES string of the molecule is Cc1c(C)n(Cc2ccccc2Cl)c2c(OCCN3CCCC3=O)nccc12.